The molecule has 2 N–H and O–H groups in total. The monoisotopic (exact) mass is 479 g/mol. The molecule has 0 aliphatic carbocycles. The van der Waals surface area contributed by atoms with Crippen molar-refractivity contribution in [1.82, 2.24) is 19.9 Å². The summed E-state index contributed by atoms with van der Waals surface area (Å²) in [5.41, 5.74) is 1.62. The van der Waals surface area contributed by atoms with Gasteiger partial charge in [0.05, 0.1) is 19.0 Å². The highest BCUT2D eigenvalue weighted by molar-refractivity contribution is 5.70. The summed E-state index contributed by atoms with van der Waals surface area (Å²) in [7, 11) is 1.65. The quantitative estimate of drug-likeness (QED) is 0.573. The average Bonchev–Trinajstić information content (AvgIpc) is 2.83. The summed E-state index contributed by atoms with van der Waals surface area (Å²) in [4.78, 5) is 26.8. The molecule has 0 atom stereocenters. The Morgan fingerprint density at radius 2 is 1.94 bits per heavy atom. The molecule has 0 saturated carbocycles. The number of anilines is 3. The number of hydrogen-bond donors (Lipinski definition) is 2. The van der Waals surface area contributed by atoms with Gasteiger partial charge in [-0.05, 0) is 39.5 Å². The van der Waals surface area contributed by atoms with Gasteiger partial charge in [-0.2, -0.15) is 5.26 Å². The summed E-state index contributed by atoms with van der Waals surface area (Å²) in [5.74, 6) is 1.54. The van der Waals surface area contributed by atoms with Gasteiger partial charge in [0.2, 0.25) is 0 Å². The minimum Gasteiger partial charge on any atom is -0.444 e. The number of aromatic nitrogens is 3. The van der Waals surface area contributed by atoms with Crippen molar-refractivity contribution >= 4 is 29.5 Å². The largest absolute Gasteiger partial charge is 0.444 e. The number of nitrogens with one attached hydrogen (secondary N) is 2. The molecule has 2 aromatic rings. The van der Waals surface area contributed by atoms with Gasteiger partial charge >= 0.3 is 6.09 Å². The summed E-state index contributed by atoms with van der Waals surface area (Å²) in [6, 6.07) is 3.87. The minimum absolute atomic E-state index is 0.245. The molecule has 0 aromatic carbocycles. The number of hydrogen-bond acceptors (Lipinski definition) is 9. The van der Waals surface area contributed by atoms with Crippen LogP contribution in [0.1, 0.15) is 44.9 Å². The van der Waals surface area contributed by atoms with Crippen molar-refractivity contribution in [3.63, 3.8) is 0 Å². The number of likely N-dealkylation sites (tertiary alicyclic amines) is 1. The molecule has 1 aliphatic heterocycles. The van der Waals surface area contributed by atoms with E-state index < -0.39 is 5.60 Å². The van der Waals surface area contributed by atoms with Crippen LogP contribution in [0.25, 0.3) is 6.08 Å². The fourth-order valence-corrected chi connectivity index (χ4v) is 3.57. The van der Waals surface area contributed by atoms with E-state index in [2.05, 4.69) is 25.6 Å². The molecule has 1 amide bonds. The van der Waals surface area contributed by atoms with Crippen LogP contribution < -0.4 is 10.6 Å². The molecule has 2 aromatic heterocycles. The first-order chi connectivity index (χ1) is 16.8. The Labute approximate surface area is 206 Å². The molecule has 10 heteroatoms. The SMILES string of the molecule is COC/C=C/c1cnc(Nc2cnc(C#N)cn2)cc1NCC1CCN(C(=O)OC(C)(C)C)CC1. The van der Waals surface area contributed by atoms with Gasteiger partial charge in [-0.3, -0.25) is 0 Å². The standard InChI is InChI=1S/C25H33N7O3/c1-25(2,3)35-24(33)32-9-7-18(8-10-32)14-28-21-12-22(29-15-19(21)6-5-11-34-4)31-23-17-27-20(13-26)16-30-23/h5-6,12,15-18H,7-11,14H2,1-4H3,(H2,28,29,30,31)/b6-5+. The smallest absolute Gasteiger partial charge is 0.410 e. The maximum absolute atomic E-state index is 12.3. The Kier molecular flexibility index (Phi) is 8.98. The van der Waals surface area contributed by atoms with Crippen molar-refractivity contribution in [2.75, 3.05) is 44.0 Å². The van der Waals surface area contributed by atoms with Crippen LogP contribution in [-0.2, 0) is 9.47 Å². The summed E-state index contributed by atoms with van der Waals surface area (Å²) < 4.78 is 10.6. The van der Waals surface area contributed by atoms with Crippen LogP contribution in [0.3, 0.4) is 0 Å². The third-order valence-electron chi connectivity index (χ3n) is 5.37. The van der Waals surface area contributed by atoms with E-state index in [1.807, 2.05) is 45.1 Å². The second-order valence-electron chi connectivity index (χ2n) is 9.33. The van der Waals surface area contributed by atoms with Crippen molar-refractivity contribution < 1.29 is 14.3 Å². The lowest BCUT2D eigenvalue weighted by Crippen LogP contribution is -2.42. The highest BCUT2D eigenvalue weighted by Crippen LogP contribution is 2.25. The molecule has 1 aliphatic rings. The predicted octanol–water partition coefficient (Wildman–Crippen LogP) is 4.21. The third-order valence-corrected chi connectivity index (χ3v) is 5.37. The van der Waals surface area contributed by atoms with E-state index in [1.165, 1.54) is 12.4 Å². The summed E-state index contributed by atoms with van der Waals surface area (Å²) in [5, 5.41) is 15.6. The van der Waals surface area contributed by atoms with Crippen LogP contribution in [0.5, 0.6) is 0 Å². The van der Waals surface area contributed by atoms with Crippen LogP contribution in [0, 0.1) is 17.2 Å². The lowest BCUT2D eigenvalue weighted by molar-refractivity contribution is 0.0188. The number of ether oxygens (including phenoxy) is 2. The molecule has 0 spiro atoms. The summed E-state index contributed by atoms with van der Waals surface area (Å²) >= 11 is 0. The summed E-state index contributed by atoms with van der Waals surface area (Å²) in [6.07, 6.45) is 10.1. The molecule has 3 rings (SSSR count). The van der Waals surface area contributed by atoms with Gasteiger partial charge in [-0.15, -0.1) is 0 Å². The van der Waals surface area contributed by atoms with E-state index in [9.17, 15) is 4.79 Å². The van der Waals surface area contributed by atoms with Gasteiger partial charge in [0.25, 0.3) is 0 Å². The van der Waals surface area contributed by atoms with Crippen LogP contribution in [0.15, 0.2) is 30.7 Å². The zero-order valence-electron chi connectivity index (χ0n) is 20.7. The van der Waals surface area contributed by atoms with Gasteiger partial charge in [-0.1, -0.05) is 12.2 Å². The lowest BCUT2D eigenvalue weighted by atomic mass is 9.97. The maximum Gasteiger partial charge on any atom is 0.410 e. The first-order valence-electron chi connectivity index (χ1n) is 11.6. The minimum atomic E-state index is -0.487. The van der Waals surface area contributed by atoms with Gasteiger partial charge < -0.3 is 25.0 Å². The lowest BCUT2D eigenvalue weighted by Gasteiger charge is -2.33. The molecule has 0 bridgehead atoms. The number of carbonyl (C=O) groups is 1. The third kappa shape index (κ3) is 8.22. The number of amides is 1. The topological polar surface area (TPSA) is 125 Å². The number of methoxy groups -OCH3 is 1. The van der Waals surface area contributed by atoms with Crippen molar-refractivity contribution in [2.24, 2.45) is 5.92 Å². The van der Waals surface area contributed by atoms with Crippen molar-refractivity contribution in [3.8, 4) is 6.07 Å². The Hall–Kier alpha value is -3.71. The van der Waals surface area contributed by atoms with Crippen LogP contribution in [0.2, 0.25) is 0 Å². The van der Waals surface area contributed by atoms with Gasteiger partial charge in [-0.25, -0.2) is 19.7 Å². The molecule has 0 radical (unpaired) electrons. The van der Waals surface area contributed by atoms with Crippen molar-refractivity contribution in [3.05, 3.63) is 42.0 Å². The Morgan fingerprint density at radius 1 is 1.20 bits per heavy atom. The van der Waals surface area contributed by atoms with E-state index >= 15 is 0 Å². The molecule has 1 fully saturated rings. The number of rotatable bonds is 8. The zero-order valence-corrected chi connectivity index (χ0v) is 20.7. The number of pyridine rings is 1. The van der Waals surface area contributed by atoms with E-state index in [1.54, 1.807) is 18.2 Å². The maximum atomic E-state index is 12.3. The molecule has 3 heterocycles. The average molecular weight is 480 g/mol. The number of nitrogens with zero attached hydrogens (tertiary/aromatic N) is 5. The Balaban J connectivity index is 1.63. The van der Waals surface area contributed by atoms with Crippen LogP contribution in [-0.4, -0.2) is 64.9 Å². The van der Waals surface area contributed by atoms with Crippen LogP contribution >= 0.6 is 0 Å². The zero-order chi connectivity index (χ0) is 25.3. The first kappa shape index (κ1) is 25.9. The molecule has 10 nitrogen and oxygen atoms in total. The number of nitriles is 1. The van der Waals surface area contributed by atoms with Gasteiger partial charge in [0.1, 0.15) is 23.3 Å². The highest BCUT2D eigenvalue weighted by atomic mass is 16.6. The Bertz CT molecular complexity index is 1050. The predicted molar refractivity (Wildman–Crippen MR) is 134 cm³/mol. The van der Waals surface area contributed by atoms with Crippen molar-refractivity contribution in [1.29, 1.82) is 5.26 Å². The molecular formula is C25H33N7O3. The van der Waals surface area contributed by atoms with Crippen molar-refractivity contribution in [2.45, 2.75) is 39.2 Å². The normalized spacial score (nSPS) is 14.5. The molecular weight excluding hydrogens is 446 g/mol. The molecule has 0 unspecified atom stereocenters. The molecule has 1 saturated heterocycles. The van der Waals surface area contributed by atoms with E-state index in [0.717, 1.165) is 30.6 Å². The van der Waals surface area contributed by atoms with Gasteiger partial charge in [0.15, 0.2) is 5.69 Å². The molecule has 186 valence electrons. The second-order valence-corrected chi connectivity index (χ2v) is 9.33. The van der Waals surface area contributed by atoms with E-state index in [0.29, 0.717) is 37.3 Å². The second kappa shape index (κ2) is 12.1. The molecule has 35 heavy (non-hydrogen) atoms. The van der Waals surface area contributed by atoms with E-state index in [4.69, 9.17) is 14.7 Å². The fraction of sp³-hybridized carbons (Fsp3) is 0.480. The Morgan fingerprint density at radius 3 is 2.57 bits per heavy atom. The fourth-order valence-electron chi connectivity index (χ4n) is 3.57. The highest BCUT2D eigenvalue weighted by Gasteiger charge is 2.26. The first-order valence-corrected chi connectivity index (χ1v) is 11.6. The number of piperidine rings is 1. The summed E-state index contributed by atoms with van der Waals surface area (Å²) in [6.45, 7) is 8.28. The van der Waals surface area contributed by atoms with Gasteiger partial charge in [0, 0.05) is 50.3 Å². The van der Waals surface area contributed by atoms with Crippen LogP contribution in [0.4, 0.5) is 22.1 Å². The number of carbonyl (C=O) groups excluding carboxylic acids is 1. The van der Waals surface area contributed by atoms with E-state index in [-0.39, 0.29) is 11.8 Å².